The van der Waals surface area contributed by atoms with Crippen molar-refractivity contribution >= 4 is 17.6 Å². The summed E-state index contributed by atoms with van der Waals surface area (Å²) in [5.74, 6) is -1.41. The highest BCUT2D eigenvalue weighted by Gasteiger charge is 2.12. The molecule has 0 saturated carbocycles. The number of aromatic nitrogens is 2. The predicted molar refractivity (Wildman–Crippen MR) is 70.8 cm³/mol. The number of nitrogens with zero attached hydrogens (tertiary/aromatic N) is 2. The van der Waals surface area contributed by atoms with Gasteiger partial charge in [0.1, 0.15) is 5.02 Å². The van der Waals surface area contributed by atoms with E-state index in [1.54, 1.807) is 19.1 Å². The third kappa shape index (κ3) is 2.70. The monoisotopic (exact) mass is 296 g/mol. The molecule has 104 valence electrons. The Hall–Kier alpha value is -2.21. The molecule has 0 spiro atoms. The average Bonchev–Trinajstić information content (AvgIpc) is 2.45. The molecule has 20 heavy (non-hydrogen) atoms. The molecule has 0 saturated heterocycles. The van der Waals surface area contributed by atoms with Gasteiger partial charge < -0.3 is 4.74 Å². The lowest BCUT2D eigenvalue weighted by Crippen LogP contribution is -2.22. The number of carbonyl (C=O) groups excluding carboxylic acids is 1. The Kier molecular flexibility index (Phi) is 4.14. The second-order valence-corrected chi connectivity index (χ2v) is 4.17. The van der Waals surface area contributed by atoms with E-state index in [-0.39, 0.29) is 12.2 Å². The van der Waals surface area contributed by atoms with Gasteiger partial charge in [0.25, 0.3) is 5.56 Å². The van der Waals surface area contributed by atoms with Crippen LogP contribution in [-0.4, -0.2) is 22.4 Å². The third-order valence-corrected chi connectivity index (χ3v) is 2.82. The second kappa shape index (κ2) is 5.83. The summed E-state index contributed by atoms with van der Waals surface area (Å²) in [7, 11) is 0. The number of benzene rings is 1. The zero-order valence-electron chi connectivity index (χ0n) is 10.5. The van der Waals surface area contributed by atoms with Crippen molar-refractivity contribution < 1.29 is 13.9 Å². The van der Waals surface area contributed by atoms with Crippen LogP contribution >= 0.6 is 11.6 Å². The fraction of sp³-hybridized carbons (Fsp3) is 0.154. The summed E-state index contributed by atoms with van der Waals surface area (Å²) < 4.78 is 18.9. The molecule has 0 N–H and O–H groups in total. The van der Waals surface area contributed by atoms with Gasteiger partial charge >= 0.3 is 5.97 Å². The Bertz CT molecular complexity index is 715. The zero-order chi connectivity index (χ0) is 14.7. The minimum absolute atomic E-state index is 0.240. The lowest BCUT2D eigenvalue weighted by atomic mass is 10.2. The van der Waals surface area contributed by atoms with Crippen LogP contribution in [0.5, 0.6) is 0 Å². The van der Waals surface area contributed by atoms with Gasteiger partial charge in [0.2, 0.25) is 0 Å². The van der Waals surface area contributed by atoms with E-state index in [4.69, 9.17) is 16.3 Å². The summed E-state index contributed by atoms with van der Waals surface area (Å²) in [6.45, 7) is 1.93. The summed E-state index contributed by atoms with van der Waals surface area (Å²) >= 11 is 5.54. The van der Waals surface area contributed by atoms with E-state index in [2.05, 4.69) is 5.10 Å². The van der Waals surface area contributed by atoms with Gasteiger partial charge in [-0.15, -0.1) is 0 Å². The summed E-state index contributed by atoms with van der Waals surface area (Å²) in [4.78, 5) is 23.4. The van der Waals surface area contributed by atoms with Crippen LogP contribution < -0.4 is 5.56 Å². The van der Waals surface area contributed by atoms with E-state index in [9.17, 15) is 14.0 Å². The maximum Gasteiger partial charge on any atom is 0.338 e. The molecule has 2 rings (SSSR count). The van der Waals surface area contributed by atoms with Crippen molar-refractivity contribution in [3.8, 4) is 5.69 Å². The minimum Gasteiger partial charge on any atom is -0.462 e. The van der Waals surface area contributed by atoms with Crippen LogP contribution in [0.25, 0.3) is 5.69 Å². The van der Waals surface area contributed by atoms with E-state index in [0.29, 0.717) is 5.69 Å². The van der Waals surface area contributed by atoms with Gasteiger partial charge in [0.05, 0.1) is 24.1 Å². The molecule has 1 aromatic carbocycles. The normalized spacial score (nSPS) is 10.3. The highest BCUT2D eigenvalue weighted by molar-refractivity contribution is 6.30. The molecule has 7 heteroatoms. The lowest BCUT2D eigenvalue weighted by molar-refractivity contribution is 0.0526. The van der Waals surface area contributed by atoms with Gasteiger partial charge in [-0.25, -0.2) is 9.18 Å². The SMILES string of the molecule is CCOC(=O)c1cccc(-n2ncc(F)c(Cl)c2=O)c1. The molecule has 0 aliphatic heterocycles. The van der Waals surface area contributed by atoms with Gasteiger partial charge in [-0.3, -0.25) is 4.79 Å². The third-order valence-electron chi connectivity index (χ3n) is 2.48. The minimum atomic E-state index is -0.894. The Labute approximate surface area is 118 Å². The van der Waals surface area contributed by atoms with Crippen molar-refractivity contribution in [3.05, 3.63) is 57.2 Å². The quantitative estimate of drug-likeness (QED) is 0.815. The molecular weight excluding hydrogens is 287 g/mol. The first-order valence-electron chi connectivity index (χ1n) is 5.75. The number of hydrogen-bond donors (Lipinski definition) is 0. The molecule has 2 aromatic rings. The first-order valence-corrected chi connectivity index (χ1v) is 6.13. The summed E-state index contributed by atoms with van der Waals surface area (Å²) in [6.07, 6.45) is 0.834. The van der Waals surface area contributed by atoms with E-state index in [0.717, 1.165) is 10.9 Å². The number of halogens is 2. The largest absolute Gasteiger partial charge is 0.462 e. The van der Waals surface area contributed by atoms with Crippen molar-refractivity contribution in [2.24, 2.45) is 0 Å². The molecule has 0 unspecified atom stereocenters. The lowest BCUT2D eigenvalue weighted by Gasteiger charge is -2.07. The van der Waals surface area contributed by atoms with E-state index < -0.39 is 22.4 Å². The Balaban J connectivity index is 2.49. The highest BCUT2D eigenvalue weighted by Crippen LogP contribution is 2.12. The van der Waals surface area contributed by atoms with Crippen molar-refractivity contribution in [1.29, 1.82) is 0 Å². The van der Waals surface area contributed by atoms with Crippen LogP contribution in [0.15, 0.2) is 35.3 Å². The standard InChI is InChI=1S/C13H10ClFN2O3/c1-2-20-13(19)8-4-3-5-9(6-8)17-12(18)11(14)10(15)7-16-17/h3-7H,2H2,1H3. The van der Waals surface area contributed by atoms with Crippen LogP contribution in [0.1, 0.15) is 17.3 Å². The molecule has 0 fully saturated rings. The number of ether oxygens (including phenoxy) is 1. The van der Waals surface area contributed by atoms with E-state index in [1.165, 1.54) is 12.1 Å². The van der Waals surface area contributed by atoms with Gasteiger partial charge in [-0.05, 0) is 25.1 Å². The number of carbonyl (C=O) groups is 1. The first kappa shape index (κ1) is 14.2. The summed E-state index contributed by atoms with van der Waals surface area (Å²) in [5.41, 5.74) is -0.242. The topological polar surface area (TPSA) is 61.2 Å². The molecule has 5 nitrogen and oxygen atoms in total. The molecule has 0 amide bonds. The van der Waals surface area contributed by atoms with Gasteiger partial charge in [-0.1, -0.05) is 17.7 Å². The Morgan fingerprint density at radius 3 is 2.95 bits per heavy atom. The summed E-state index contributed by atoms with van der Waals surface area (Å²) in [5, 5.41) is 3.09. The van der Waals surface area contributed by atoms with Crippen LogP contribution in [0.4, 0.5) is 4.39 Å². The average molecular weight is 297 g/mol. The molecule has 0 atom stereocenters. The second-order valence-electron chi connectivity index (χ2n) is 3.79. The maximum absolute atomic E-state index is 13.1. The van der Waals surface area contributed by atoms with Crippen molar-refractivity contribution in [2.75, 3.05) is 6.61 Å². The molecule has 0 radical (unpaired) electrons. The van der Waals surface area contributed by atoms with Crippen LogP contribution in [0.2, 0.25) is 5.02 Å². The highest BCUT2D eigenvalue weighted by atomic mass is 35.5. The fourth-order valence-electron chi connectivity index (χ4n) is 1.58. The molecular formula is C13H10ClFN2O3. The molecule has 0 bridgehead atoms. The predicted octanol–water partition coefficient (Wildman–Crippen LogP) is 2.20. The number of hydrogen-bond acceptors (Lipinski definition) is 4. The molecule has 1 aromatic heterocycles. The Morgan fingerprint density at radius 2 is 2.25 bits per heavy atom. The van der Waals surface area contributed by atoms with Crippen LogP contribution in [0, 0.1) is 5.82 Å². The summed E-state index contributed by atoms with van der Waals surface area (Å²) in [6, 6.07) is 6.07. The van der Waals surface area contributed by atoms with Gasteiger partial charge in [0, 0.05) is 0 Å². The fourth-order valence-corrected chi connectivity index (χ4v) is 1.70. The van der Waals surface area contributed by atoms with Crippen molar-refractivity contribution in [3.63, 3.8) is 0 Å². The number of esters is 1. The molecule has 0 aliphatic rings. The Morgan fingerprint density at radius 1 is 1.50 bits per heavy atom. The number of rotatable bonds is 3. The van der Waals surface area contributed by atoms with Gasteiger partial charge in [-0.2, -0.15) is 9.78 Å². The molecule has 1 heterocycles. The zero-order valence-corrected chi connectivity index (χ0v) is 11.2. The van der Waals surface area contributed by atoms with Crippen LogP contribution in [0.3, 0.4) is 0 Å². The van der Waals surface area contributed by atoms with Crippen molar-refractivity contribution in [2.45, 2.75) is 6.92 Å². The smallest absolute Gasteiger partial charge is 0.338 e. The maximum atomic E-state index is 13.1. The van der Waals surface area contributed by atoms with Crippen molar-refractivity contribution in [1.82, 2.24) is 9.78 Å². The molecule has 0 aliphatic carbocycles. The van der Waals surface area contributed by atoms with E-state index >= 15 is 0 Å². The van der Waals surface area contributed by atoms with Gasteiger partial charge in [0.15, 0.2) is 5.82 Å². The first-order chi connectivity index (χ1) is 9.54. The van der Waals surface area contributed by atoms with Crippen LogP contribution in [-0.2, 0) is 4.74 Å². The van der Waals surface area contributed by atoms with E-state index in [1.807, 2.05) is 0 Å².